The number of amidine groups is 1. The van der Waals surface area contributed by atoms with E-state index < -0.39 is 0 Å². The van der Waals surface area contributed by atoms with Gasteiger partial charge in [-0.1, -0.05) is 41.5 Å². The van der Waals surface area contributed by atoms with Gasteiger partial charge in [0.2, 0.25) is 0 Å². The standard InChI is InChI=1S/C24H20N2O2S/c1-17-8-12-19(13-9-17)25-24-26(20-14-10-18(2)11-15-20)23(27)22(29-24)7-3-5-21-6-4-16-28-21/h3-16H,1-2H3/b5-3+,22-7+,25-24?. The van der Waals surface area contributed by atoms with Gasteiger partial charge in [-0.25, -0.2) is 4.99 Å². The van der Waals surface area contributed by atoms with E-state index in [1.807, 2.05) is 86.7 Å². The fourth-order valence-corrected chi connectivity index (χ4v) is 3.78. The van der Waals surface area contributed by atoms with Gasteiger partial charge in [-0.3, -0.25) is 9.69 Å². The number of thioether (sulfide) groups is 1. The minimum absolute atomic E-state index is 0.0891. The van der Waals surface area contributed by atoms with Gasteiger partial charge >= 0.3 is 0 Å². The van der Waals surface area contributed by atoms with Crippen LogP contribution in [-0.2, 0) is 4.79 Å². The number of aryl methyl sites for hydroxylation is 2. The van der Waals surface area contributed by atoms with Crippen molar-refractivity contribution in [3.8, 4) is 0 Å². The van der Waals surface area contributed by atoms with Gasteiger partial charge in [0.05, 0.1) is 22.5 Å². The molecule has 0 spiro atoms. The molecule has 0 saturated carbocycles. The number of amides is 1. The number of hydrogen-bond donors (Lipinski definition) is 0. The molecule has 0 atom stereocenters. The number of carbonyl (C=O) groups is 1. The molecule has 1 saturated heterocycles. The van der Waals surface area contributed by atoms with Crippen molar-refractivity contribution in [1.82, 2.24) is 0 Å². The second-order valence-corrected chi connectivity index (χ2v) is 7.72. The van der Waals surface area contributed by atoms with E-state index in [-0.39, 0.29) is 5.91 Å². The van der Waals surface area contributed by atoms with Crippen molar-refractivity contribution in [3.05, 3.63) is 101 Å². The maximum Gasteiger partial charge on any atom is 0.271 e. The Hall–Kier alpha value is -3.31. The number of allylic oxidation sites excluding steroid dienone is 2. The maximum atomic E-state index is 13.1. The summed E-state index contributed by atoms with van der Waals surface area (Å²) in [5.41, 5.74) is 3.93. The van der Waals surface area contributed by atoms with Crippen LogP contribution in [-0.4, -0.2) is 11.1 Å². The van der Waals surface area contributed by atoms with Crippen LogP contribution in [0.3, 0.4) is 0 Å². The van der Waals surface area contributed by atoms with Crippen molar-refractivity contribution in [3.63, 3.8) is 0 Å². The van der Waals surface area contributed by atoms with Gasteiger partial charge in [0, 0.05) is 0 Å². The molecule has 0 aliphatic carbocycles. The van der Waals surface area contributed by atoms with E-state index in [0.717, 1.165) is 22.7 Å². The van der Waals surface area contributed by atoms with E-state index in [9.17, 15) is 4.79 Å². The van der Waals surface area contributed by atoms with Gasteiger partial charge < -0.3 is 4.42 Å². The lowest BCUT2D eigenvalue weighted by molar-refractivity contribution is -0.113. The highest BCUT2D eigenvalue weighted by Crippen LogP contribution is 2.36. The second kappa shape index (κ2) is 8.37. The number of carbonyl (C=O) groups excluding carboxylic acids is 1. The summed E-state index contributed by atoms with van der Waals surface area (Å²) in [5, 5.41) is 0.639. The third-order valence-electron chi connectivity index (χ3n) is 4.41. The number of hydrogen-bond acceptors (Lipinski definition) is 4. The molecular weight excluding hydrogens is 380 g/mol. The topological polar surface area (TPSA) is 45.8 Å². The Morgan fingerprint density at radius 3 is 2.31 bits per heavy atom. The number of aliphatic imine (C=N–C) groups is 1. The molecule has 3 aromatic rings. The second-order valence-electron chi connectivity index (χ2n) is 6.71. The summed E-state index contributed by atoms with van der Waals surface area (Å²) < 4.78 is 5.29. The molecule has 1 fully saturated rings. The zero-order valence-corrected chi connectivity index (χ0v) is 17.0. The van der Waals surface area contributed by atoms with Gasteiger partial charge in [0.1, 0.15) is 5.76 Å². The monoisotopic (exact) mass is 400 g/mol. The first-order valence-electron chi connectivity index (χ1n) is 9.26. The number of furan rings is 1. The maximum absolute atomic E-state index is 13.1. The molecule has 5 heteroatoms. The molecule has 4 rings (SSSR count). The third kappa shape index (κ3) is 4.41. The normalized spacial score (nSPS) is 17.2. The van der Waals surface area contributed by atoms with Crippen molar-refractivity contribution in [1.29, 1.82) is 0 Å². The summed E-state index contributed by atoms with van der Waals surface area (Å²) in [5.74, 6) is 0.648. The summed E-state index contributed by atoms with van der Waals surface area (Å²) in [6, 6.07) is 19.5. The number of anilines is 1. The zero-order valence-electron chi connectivity index (χ0n) is 16.2. The molecule has 1 amide bonds. The average Bonchev–Trinajstić information content (AvgIpc) is 3.33. The van der Waals surface area contributed by atoms with Crippen molar-refractivity contribution in [2.75, 3.05) is 4.90 Å². The number of nitrogens with zero attached hydrogens (tertiary/aromatic N) is 2. The Kier molecular flexibility index (Phi) is 5.49. The first kappa shape index (κ1) is 19.0. The van der Waals surface area contributed by atoms with Crippen LogP contribution in [0.4, 0.5) is 11.4 Å². The van der Waals surface area contributed by atoms with Crippen LogP contribution in [0, 0.1) is 13.8 Å². The number of benzene rings is 2. The minimum Gasteiger partial charge on any atom is -0.465 e. The summed E-state index contributed by atoms with van der Waals surface area (Å²) in [6.07, 6.45) is 7.06. The highest BCUT2D eigenvalue weighted by molar-refractivity contribution is 8.19. The Morgan fingerprint density at radius 2 is 1.66 bits per heavy atom. The van der Waals surface area contributed by atoms with E-state index in [1.165, 1.54) is 17.3 Å². The first-order valence-corrected chi connectivity index (χ1v) is 10.1. The predicted octanol–water partition coefficient (Wildman–Crippen LogP) is 6.26. The third-order valence-corrected chi connectivity index (χ3v) is 5.40. The highest BCUT2D eigenvalue weighted by Gasteiger charge is 2.34. The molecule has 1 aromatic heterocycles. The smallest absolute Gasteiger partial charge is 0.271 e. The molecule has 0 N–H and O–H groups in total. The Balaban J connectivity index is 1.69. The lowest BCUT2D eigenvalue weighted by Gasteiger charge is -2.16. The highest BCUT2D eigenvalue weighted by atomic mass is 32.2. The summed E-state index contributed by atoms with van der Waals surface area (Å²) >= 11 is 1.37. The largest absolute Gasteiger partial charge is 0.465 e. The fourth-order valence-electron chi connectivity index (χ4n) is 2.83. The van der Waals surface area contributed by atoms with Gasteiger partial charge in [-0.05, 0) is 74.2 Å². The van der Waals surface area contributed by atoms with Crippen LogP contribution in [0.2, 0.25) is 0 Å². The quantitative estimate of drug-likeness (QED) is 0.486. The predicted molar refractivity (Wildman–Crippen MR) is 120 cm³/mol. The van der Waals surface area contributed by atoms with Gasteiger partial charge in [-0.2, -0.15) is 0 Å². The Morgan fingerprint density at radius 1 is 0.966 bits per heavy atom. The van der Waals surface area contributed by atoms with Crippen LogP contribution in [0.5, 0.6) is 0 Å². The average molecular weight is 401 g/mol. The zero-order chi connectivity index (χ0) is 20.2. The lowest BCUT2D eigenvalue weighted by atomic mass is 10.2. The van der Waals surface area contributed by atoms with Crippen molar-refractivity contribution < 1.29 is 9.21 Å². The fraction of sp³-hybridized carbons (Fsp3) is 0.0833. The van der Waals surface area contributed by atoms with E-state index in [0.29, 0.717) is 10.1 Å². The molecule has 0 bridgehead atoms. The summed E-state index contributed by atoms with van der Waals surface area (Å²) in [6.45, 7) is 4.06. The molecule has 29 heavy (non-hydrogen) atoms. The van der Waals surface area contributed by atoms with Gasteiger partial charge in [0.15, 0.2) is 5.17 Å². The lowest BCUT2D eigenvalue weighted by Crippen LogP contribution is -2.28. The minimum atomic E-state index is -0.0891. The SMILES string of the molecule is Cc1ccc(N=C2S/C(=C/C=C/c3ccco3)C(=O)N2c2ccc(C)cc2)cc1. The molecule has 144 valence electrons. The summed E-state index contributed by atoms with van der Waals surface area (Å²) in [7, 11) is 0. The van der Waals surface area contributed by atoms with E-state index in [1.54, 1.807) is 17.2 Å². The number of rotatable bonds is 4. The van der Waals surface area contributed by atoms with Crippen LogP contribution in [0.15, 0.2) is 93.4 Å². The molecule has 2 aromatic carbocycles. The summed E-state index contributed by atoms with van der Waals surface area (Å²) in [4.78, 5) is 20.1. The van der Waals surface area contributed by atoms with E-state index >= 15 is 0 Å². The van der Waals surface area contributed by atoms with Crippen molar-refractivity contribution in [2.24, 2.45) is 4.99 Å². The molecular formula is C24H20N2O2S. The van der Waals surface area contributed by atoms with Crippen LogP contribution < -0.4 is 4.90 Å². The van der Waals surface area contributed by atoms with E-state index in [2.05, 4.69) is 0 Å². The molecule has 2 heterocycles. The van der Waals surface area contributed by atoms with E-state index in [4.69, 9.17) is 9.41 Å². The van der Waals surface area contributed by atoms with Gasteiger partial charge in [-0.15, -0.1) is 0 Å². The Bertz CT molecular complexity index is 1090. The van der Waals surface area contributed by atoms with Crippen molar-refractivity contribution >= 4 is 40.3 Å². The molecule has 4 nitrogen and oxygen atoms in total. The molecule has 0 radical (unpaired) electrons. The van der Waals surface area contributed by atoms with Gasteiger partial charge in [0.25, 0.3) is 5.91 Å². The molecule has 0 unspecified atom stereocenters. The van der Waals surface area contributed by atoms with Crippen LogP contribution in [0.25, 0.3) is 6.08 Å². The van der Waals surface area contributed by atoms with Crippen molar-refractivity contribution in [2.45, 2.75) is 13.8 Å². The van der Waals surface area contributed by atoms with Crippen LogP contribution >= 0.6 is 11.8 Å². The molecule has 1 aliphatic heterocycles. The molecule has 1 aliphatic rings. The first-order chi connectivity index (χ1) is 14.1. The Labute approximate surface area is 174 Å². The van der Waals surface area contributed by atoms with Crippen LogP contribution in [0.1, 0.15) is 16.9 Å².